The molecule has 0 aliphatic carbocycles. The Hall–Kier alpha value is -0.680. The number of halogens is 1. The summed E-state index contributed by atoms with van der Waals surface area (Å²) >= 11 is 5.23. The molecular weight excluding hydrogens is 338 g/mol. The fraction of sp³-hybridized carbons (Fsp3) is 0.533. The van der Waals surface area contributed by atoms with Gasteiger partial charge in [0.15, 0.2) is 0 Å². The van der Waals surface area contributed by atoms with Crippen LogP contribution in [0.25, 0.3) is 0 Å². The molecule has 1 rings (SSSR count). The van der Waals surface area contributed by atoms with Gasteiger partial charge in [-0.05, 0) is 53.2 Å². The van der Waals surface area contributed by atoms with Crippen molar-refractivity contribution < 1.29 is 9.53 Å². The van der Waals surface area contributed by atoms with Gasteiger partial charge in [0.1, 0.15) is 5.75 Å². The van der Waals surface area contributed by atoms with E-state index in [0.29, 0.717) is 17.9 Å². The normalized spacial score (nSPS) is 11.2. The third kappa shape index (κ3) is 4.16. The number of nitrogens with one attached hydrogen (secondary N) is 1. The molecule has 1 amide bonds. The SMILES string of the molecule is CCC(CC)(CNC(=O)c1cc(OC)ccc1Br)SC. The Morgan fingerprint density at radius 3 is 2.55 bits per heavy atom. The summed E-state index contributed by atoms with van der Waals surface area (Å²) in [6, 6.07) is 5.40. The highest BCUT2D eigenvalue weighted by molar-refractivity contribution is 9.10. The number of ether oxygens (including phenoxy) is 1. The number of hydrogen-bond acceptors (Lipinski definition) is 3. The van der Waals surface area contributed by atoms with Crippen LogP contribution in [0.5, 0.6) is 5.75 Å². The van der Waals surface area contributed by atoms with E-state index >= 15 is 0 Å². The van der Waals surface area contributed by atoms with Gasteiger partial charge in [-0.3, -0.25) is 4.79 Å². The lowest BCUT2D eigenvalue weighted by molar-refractivity contribution is 0.0948. The molecule has 0 heterocycles. The van der Waals surface area contributed by atoms with Crippen LogP contribution in [0, 0.1) is 0 Å². The van der Waals surface area contributed by atoms with Crippen LogP contribution in [0.2, 0.25) is 0 Å². The summed E-state index contributed by atoms with van der Waals surface area (Å²) in [6.07, 6.45) is 4.16. The van der Waals surface area contributed by atoms with Crippen molar-refractivity contribution >= 4 is 33.6 Å². The molecule has 0 bridgehead atoms. The fourth-order valence-electron chi connectivity index (χ4n) is 2.00. The number of amides is 1. The summed E-state index contributed by atoms with van der Waals surface area (Å²) in [7, 11) is 1.60. The number of thioether (sulfide) groups is 1. The minimum Gasteiger partial charge on any atom is -0.497 e. The maximum absolute atomic E-state index is 12.3. The minimum atomic E-state index is -0.0731. The van der Waals surface area contributed by atoms with Crippen molar-refractivity contribution in [2.75, 3.05) is 19.9 Å². The molecule has 0 saturated carbocycles. The maximum atomic E-state index is 12.3. The Balaban J connectivity index is 2.81. The molecule has 1 aromatic rings. The predicted octanol–water partition coefficient (Wildman–Crippen LogP) is 4.11. The molecule has 0 fully saturated rings. The Morgan fingerprint density at radius 1 is 1.40 bits per heavy atom. The highest BCUT2D eigenvalue weighted by atomic mass is 79.9. The second kappa shape index (κ2) is 7.93. The van der Waals surface area contributed by atoms with Gasteiger partial charge in [0.2, 0.25) is 0 Å². The molecular formula is C15H22BrNO2S. The highest BCUT2D eigenvalue weighted by Gasteiger charge is 2.26. The summed E-state index contributed by atoms with van der Waals surface area (Å²) in [5, 5.41) is 3.04. The first-order chi connectivity index (χ1) is 9.51. The summed E-state index contributed by atoms with van der Waals surface area (Å²) in [5.41, 5.74) is 0.603. The molecule has 1 N–H and O–H groups in total. The van der Waals surface area contributed by atoms with Crippen LogP contribution in [0.3, 0.4) is 0 Å². The topological polar surface area (TPSA) is 38.3 Å². The van der Waals surface area contributed by atoms with Gasteiger partial charge < -0.3 is 10.1 Å². The first-order valence-corrected chi connectivity index (χ1v) is 8.70. The Bertz CT molecular complexity index is 453. The maximum Gasteiger partial charge on any atom is 0.252 e. The van der Waals surface area contributed by atoms with Crippen molar-refractivity contribution in [3.8, 4) is 5.75 Å². The van der Waals surface area contributed by atoms with E-state index in [4.69, 9.17) is 4.74 Å². The van der Waals surface area contributed by atoms with Crippen LogP contribution in [-0.2, 0) is 0 Å². The number of carbonyl (C=O) groups excluding carboxylic acids is 1. The summed E-state index contributed by atoms with van der Waals surface area (Å²) in [6.45, 7) is 4.99. The molecule has 0 aliphatic rings. The van der Waals surface area contributed by atoms with E-state index in [0.717, 1.165) is 17.3 Å². The van der Waals surface area contributed by atoms with Crippen molar-refractivity contribution in [2.24, 2.45) is 0 Å². The quantitative estimate of drug-likeness (QED) is 0.795. The monoisotopic (exact) mass is 359 g/mol. The predicted molar refractivity (Wildman–Crippen MR) is 89.9 cm³/mol. The molecule has 0 spiro atoms. The Kier molecular flexibility index (Phi) is 6.89. The van der Waals surface area contributed by atoms with Gasteiger partial charge in [0.25, 0.3) is 5.91 Å². The van der Waals surface area contributed by atoms with Crippen molar-refractivity contribution in [1.29, 1.82) is 0 Å². The molecule has 5 heteroatoms. The van der Waals surface area contributed by atoms with E-state index in [2.05, 4.69) is 41.3 Å². The lowest BCUT2D eigenvalue weighted by Crippen LogP contribution is -2.39. The van der Waals surface area contributed by atoms with Crippen molar-refractivity contribution in [1.82, 2.24) is 5.32 Å². The summed E-state index contributed by atoms with van der Waals surface area (Å²) < 4.78 is 6.05. The number of rotatable bonds is 7. The zero-order valence-corrected chi connectivity index (χ0v) is 14.9. The third-order valence-electron chi connectivity index (χ3n) is 3.71. The molecule has 0 aliphatic heterocycles. The van der Waals surface area contributed by atoms with Crippen LogP contribution in [0.15, 0.2) is 22.7 Å². The van der Waals surface area contributed by atoms with Crippen LogP contribution < -0.4 is 10.1 Å². The molecule has 0 aromatic heterocycles. The van der Waals surface area contributed by atoms with Gasteiger partial charge in [0.05, 0.1) is 12.7 Å². The average molecular weight is 360 g/mol. The first-order valence-electron chi connectivity index (χ1n) is 6.68. The van der Waals surface area contributed by atoms with Crippen molar-refractivity contribution in [2.45, 2.75) is 31.4 Å². The van der Waals surface area contributed by atoms with Crippen LogP contribution in [0.4, 0.5) is 0 Å². The van der Waals surface area contributed by atoms with Gasteiger partial charge in [-0.15, -0.1) is 0 Å². The van der Waals surface area contributed by atoms with E-state index in [1.807, 2.05) is 23.9 Å². The molecule has 0 unspecified atom stereocenters. The lowest BCUT2D eigenvalue weighted by Gasteiger charge is -2.29. The summed E-state index contributed by atoms with van der Waals surface area (Å²) in [4.78, 5) is 12.3. The molecule has 112 valence electrons. The van der Waals surface area contributed by atoms with E-state index in [-0.39, 0.29) is 10.7 Å². The molecule has 0 radical (unpaired) electrons. The lowest BCUT2D eigenvalue weighted by atomic mass is 10.0. The third-order valence-corrected chi connectivity index (χ3v) is 5.99. The van der Waals surface area contributed by atoms with Gasteiger partial charge in [0, 0.05) is 15.8 Å². The van der Waals surface area contributed by atoms with E-state index in [1.165, 1.54) is 0 Å². The number of hydrogen-bond donors (Lipinski definition) is 1. The standard InChI is InChI=1S/C15H22BrNO2S/c1-5-15(6-2,20-4)10-17-14(18)12-9-11(19-3)7-8-13(12)16/h7-9H,5-6,10H2,1-4H3,(H,17,18). The molecule has 20 heavy (non-hydrogen) atoms. The molecule has 0 saturated heterocycles. The number of methoxy groups -OCH3 is 1. The largest absolute Gasteiger partial charge is 0.497 e. The average Bonchev–Trinajstić information content (AvgIpc) is 2.49. The second-order valence-corrected chi connectivity index (χ2v) is 6.75. The van der Waals surface area contributed by atoms with Gasteiger partial charge >= 0.3 is 0 Å². The van der Waals surface area contributed by atoms with Crippen LogP contribution >= 0.6 is 27.7 Å². The van der Waals surface area contributed by atoms with E-state index in [1.54, 1.807) is 13.2 Å². The van der Waals surface area contributed by atoms with Crippen LogP contribution in [-0.4, -0.2) is 30.6 Å². The van der Waals surface area contributed by atoms with Gasteiger partial charge in [-0.1, -0.05) is 13.8 Å². The zero-order chi connectivity index (χ0) is 15.2. The second-order valence-electron chi connectivity index (χ2n) is 4.62. The van der Waals surface area contributed by atoms with Crippen molar-refractivity contribution in [3.05, 3.63) is 28.2 Å². The molecule has 0 atom stereocenters. The molecule has 3 nitrogen and oxygen atoms in total. The van der Waals surface area contributed by atoms with Gasteiger partial charge in [-0.2, -0.15) is 11.8 Å². The Morgan fingerprint density at radius 2 is 2.05 bits per heavy atom. The number of benzene rings is 1. The zero-order valence-electron chi connectivity index (χ0n) is 12.5. The minimum absolute atomic E-state index is 0.0731. The molecule has 1 aromatic carbocycles. The Labute approximate surface area is 134 Å². The van der Waals surface area contributed by atoms with Crippen molar-refractivity contribution in [3.63, 3.8) is 0 Å². The fourth-order valence-corrected chi connectivity index (χ4v) is 3.22. The highest BCUT2D eigenvalue weighted by Crippen LogP contribution is 2.30. The van der Waals surface area contributed by atoms with Gasteiger partial charge in [-0.25, -0.2) is 0 Å². The smallest absolute Gasteiger partial charge is 0.252 e. The first kappa shape index (κ1) is 17.4. The van der Waals surface area contributed by atoms with E-state index in [9.17, 15) is 4.79 Å². The van der Waals surface area contributed by atoms with E-state index < -0.39 is 0 Å². The van der Waals surface area contributed by atoms with Crippen LogP contribution in [0.1, 0.15) is 37.0 Å². The summed E-state index contributed by atoms with van der Waals surface area (Å²) in [5.74, 6) is 0.608. The number of carbonyl (C=O) groups is 1.